The molecule has 5 nitrogen and oxygen atoms in total. The van der Waals surface area contributed by atoms with Crippen LogP contribution in [0.15, 0.2) is 42.6 Å². The number of aromatic nitrogens is 1. The van der Waals surface area contributed by atoms with Gasteiger partial charge in [-0.3, -0.25) is 0 Å². The Morgan fingerprint density at radius 2 is 1.95 bits per heavy atom. The monoisotopic (exact) mass is 253 g/mol. The second-order valence-electron chi connectivity index (χ2n) is 3.93. The van der Waals surface area contributed by atoms with Gasteiger partial charge in [-0.2, -0.15) is 5.26 Å². The average Bonchev–Trinajstić information content (AvgIpc) is 2.46. The van der Waals surface area contributed by atoms with Gasteiger partial charge in [0.25, 0.3) is 0 Å². The number of hydrogen-bond acceptors (Lipinski definition) is 4. The number of carboxylic acids is 1. The zero-order chi connectivity index (χ0) is 13.8. The van der Waals surface area contributed by atoms with Crippen LogP contribution in [0.25, 0.3) is 0 Å². The number of carbonyl (C=O) groups is 1. The van der Waals surface area contributed by atoms with Crippen LogP contribution in [-0.2, 0) is 0 Å². The number of rotatable bonds is 3. The van der Waals surface area contributed by atoms with E-state index in [2.05, 4.69) is 11.1 Å². The molecule has 19 heavy (non-hydrogen) atoms. The van der Waals surface area contributed by atoms with Gasteiger partial charge in [0.1, 0.15) is 5.82 Å². The highest BCUT2D eigenvalue weighted by molar-refractivity contribution is 5.87. The van der Waals surface area contributed by atoms with Gasteiger partial charge < -0.3 is 10.0 Å². The van der Waals surface area contributed by atoms with Crippen LogP contribution in [0.5, 0.6) is 0 Å². The van der Waals surface area contributed by atoms with Crippen molar-refractivity contribution in [1.29, 1.82) is 5.26 Å². The second kappa shape index (κ2) is 5.19. The molecule has 0 saturated carbocycles. The number of pyridine rings is 1. The molecule has 1 N–H and O–H groups in total. The topological polar surface area (TPSA) is 77.2 Å². The average molecular weight is 253 g/mol. The van der Waals surface area contributed by atoms with Gasteiger partial charge in [-0.05, 0) is 36.4 Å². The molecule has 0 saturated heterocycles. The molecule has 0 radical (unpaired) electrons. The van der Waals surface area contributed by atoms with Crippen LogP contribution in [0, 0.1) is 11.3 Å². The van der Waals surface area contributed by atoms with Gasteiger partial charge in [0.2, 0.25) is 0 Å². The summed E-state index contributed by atoms with van der Waals surface area (Å²) in [4.78, 5) is 16.6. The van der Waals surface area contributed by atoms with Crippen molar-refractivity contribution in [3.63, 3.8) is 0 Å². The third-order valence-electron chi connectivity index (χ3n) is 2.72. The smallest absolute Gasteiger partial charge is 0.337 e. The van der Waals surface area contributed by atoms with E-state index in [1.807, 2.05) is 24.1 Å². The molecule has 0 aliphatic heterocycles. The number of benzene rings is 1. The third kappa shape index (κ3) is 2.69. The van der Waals surface area contributed by atoms with Crippen molar-refractivity contribution in [2.24, 2.45) is 0 Å². The molecule has 0 aliphatic carbocycles. The molecular weight excluding hydrogens is 242 g/mol. The number of nitrogens with zero attached hydrogens (tertiary/aromatic N) is 3. The highest BCUT2D eigenvalue weighted by Crippen LogP contribution is 2.21. The van der Waals surface area contributed by atoms with Gasteiger partial charge in [0, 0.05) is 18.9 Å². The fraction of sp³-hybridized carbons (Fsp3) is 0.0714. The molecule has 1 aromatic heterocycles. The standard InChI is InChI=1S/C14H11N3O2/c1-17(12-5-2-10(8-15)3-6-12)13-7-4-11(9-16-13)14(18)19/h2-7,9H,1H3,(H,18,19). The lowest BCUT2D eigenvalue weighted by Gasteiger charge is -2.18. The van der Waals surface area contributed by atoms with Crippen molar-refractivity contribution in [3.8, 4) is 6.07 Å². The second-order valence-corrected chi connectivity index (χ2v) is 3.93. The summed E-state index contributed by atoms with van der Waals surface area (Å²) in [6.45, 7) is 0. The predicted molar refractivity (Wildman–Crippen MR) is 70.4 cm³/mol. The Balaban J connectivity index is 2.25. The first kappa shape index (κ1) is 12.6. The van der Waals surface area contributed by atoms with E-state index < -0.39 is 5.97 Å². The Kier molecular flexibility index (Phi) is 3.44. The van der Waals surface area contributed by atoms with Crippen LogP contribution in [0.3, 0.4) is 0 Å². The van der Waals surface area contributed by atoms with Crippen molar-refractivity contribution >= 4 is 17.5 Å². The molecule has 0 unspecified atom stereocenters. The summed E-state index contributed by atoms with van der Waals surface area (Å²) in [6.07, 6.45) is 1.32. The molecule has 5 heteroatoms. The Hall–Kier alpha value is -2.87. The maximum atomic E-state index is 10.7. The molecule has 0 spiro atoms. The van der Waals surface area contributed by atoms with Crippen molar-refractivity contribution in [2.45, 2.75) is 0 Å². The van der Waals surface area contributed by atoms with Gasteiger partial charge in [0.05, 0.1) is 17.2 Å². The van der Waals surface area contributed by atoms with E-state index in [1.54, 1.807) is 18.2 Å². The van der Waals surface area contributed by atoms with Gasteiger partial charge in [-0.25, -0.2) is 9.78 Å². The van der Waals surface area contributed by atoms with Crippen molar-refractivity contribution in [3.05, 3.63) is 53.7 Å². The van der Waals surface area contributed by atoms with E-state index >= 15 is 0 Å². The van der Waals surface area contributed by atoms with E-state index in [0.717, 1.165) is 5.69 Å². The van der Waals surface area contributed by atoms with E-state index in [4.69, 9.17) is 10.4 Å². The van der Waals surface area contributed by atoms with Gasteiger partial charge in [0.15, 0.2) is 0 Å². The van der Waals surface area contributed by atoms with Gasteiger partial charge in [-0.15, -0.1) is 0 Å². The van der Waals surface area contributed by atoms with E-state index in [9.17, 15) is 4.79 Å². The summed E-state index contributed by atoms with van der Waals surface area (Å²) in [5, 5.41) is 17.5. The van der Waals surface area contributed by atoms with Crippen LogP contribution < -0.4 is 4.90 Å². The fourth-order valence-corrected chi connectivity index (χ4v) is 1.60. The number of aromatic carboxylic acids is 1. The highest BCUT2D eigenvalue weighted by Gasteiger charge is 2.07. The molecule has 94 valence electrons. The summed E-state index contributed by atoms with van der Waals surface area (Å²) in [6, 6.07) is 12.3. The minimum absolute atomic E-state index is 0.150. The SMILES string of the molecule is CN(c1ccc(C#N)cc1)c1ccc(C(=O)O)cn1. The van der Waals surface area contributed by atoms with Crippen molar-refractivity contribution < 1.29 is 9.90 Å². The summed E-state index contributed by atoms with van der Waals surface area (Å²) in [7, 11) is 1.82. The quantitative estimate of drug-likeness (QED) is 0.908. The predicted octanol–water partition coefficient (Wildman–Crippen LogP) is 2.42. The van der Waals surface area contributed by atoms with Crippen LogP contribution >= 0.6 is 0 Å². The minimum Gasteiger partial charge on any atom is -0.478 e. The number of hydrogen-bond donors (Lipinski definition) is 1. The first-order valence-corrected chi connectivity index (χ1v) is 5.55. The summed E-state index contributed by atoms with van der Waals surface area (Å²) in [5.41, 5.74) is 1.61. The molecule has 0 amide bonds. The lowest BCUT2D eigenvalue weighted by Crippen LogP contribution is -2.11. The van der Waals surface area contributed by atoms with E-state index in [0.29, 0.717) is 11.4 Å². The fourth-order valence-electron chi connectivity index (χ4n) is 1.60. The molecule has 0 fully saturated rings. The summed E-state index contributed by atoms with van der Waals surface area (Å²) >= 11 is 0. The van der Waals surface area contributed by atoms with Crippen LogP contribution in [0.4, 0.5) is 11.5 Å². The molecule has 2 aromatic rings. The summed E-state index contributed by atoms with van der Waals surface area (Å²) in [5.74, 6) is -0.366. The molecule has 1 heterocycles. The Labute approximate surface area is 110 Å². The Morgan fingerprint density at radius 3 is 2.42 bits per heavy atom. The van der Waals surface area contributed by atoms with Crippen LogP contribution in [-0.4, -0.2) is 23.1 Å². The zero-order valence-corrected chi connectivity index (χ0v) is 10.2. The van der Waals surface area contributed by atoms with Gasteiger partial charge in [-0.1, -0.05) is 0 Å². The van der Waals surface area contributed by atoms with E-state index in [1.165, 1.54) is 12.3 Å². The molecule has 2 rings (SSSR count). The molecular formula is C14H11N3O2. The van der Waals surface area contributed by atoms with Crippen molar-refractivity contribution in [1.82, 2.24) is 4.98 Å². The molecule has 0 atom stereocenters. The van der Waals surface area contributed by atoms with Gasteiger partial charge >= 0.3 is 5.97 Å². The lowest BCUT2D eigenvalue weighted by molar-refractivity contribution is 0.0696. The van der Waals surface area contributed by atoms with Crippen LogP contribution in [0.1, 0.15) is 15.9 Å². The number of nitriles is 1. The Morgan fingerprint density at radius 1 is 1.26 bits per heavy atom. The maximum absolute atomic E-state index is 10.7. The van der Waals surface area contributed by atoms with Crippen LogP contribution in [0.2, 0.25) is 0 Å². The molecule has 0 bridgehead atoms. The summed E-state index contributed by atoms with van der Waals surface area (Å²) < 4.78 is 0. The highest BCUT2D eigenvalue weighted by atomic mass is 16.4. The first-order chi connectivity index (χ1) is 9.11. The minimum atomic E-state index is -1.000. The van der Waals surface area contributed by atoms with E-state index in [-0.39, 0.29) is 5.56 Å². The first-order valence-electron chi connectivity index (χ1n) is 5.55. The largest absolute Gasteiger partial charge is 0.478 e. The lowest BCUT2D eigenvalue weighted by atomic mass is 10.2. The third-order valence-corrected chi connectivity index (χ3v) is 2.72. The van der Waals surface area contributed by atoms with Crippen molar-refractivity contribution in [2.75, 3.05) is 11.9 Å². The zero-order valence-electron chi connectivity index (χ0n) is 10.2. The maximum Gasteiger partial charge on any atom is 0.337 e. The normalized spacial score (nSPS) is 9.68. The number of carboxylic acid groups (broad SMARTS) is 1. The molecule has 0 aliphatic rings. The molecule has 1 aromatic carbocycles. The number of anilines is 2. The Bertz CT molecular complexity index is 627.